The lowest BCUT2D eigenvalue weighted by Crippen LogP contribution is -2.23. The van der Waals surface area contributed by atoms with Crippen molar-refractivity contribution >= 4 is 22.5 Å². The number of hydrogen-bond acceptors (Lipinski definition) is 5. The molecule has 2 heterocycles. The maximum Gasteiger partial charge on any atom is 0.168 e. The number of nitrogens with two attached hydrogens (primary N) is 1. The lowest BCUT2D eigenvalue weighted by molar-refractivity contribution is 0.358. The van der Waals surface area contributed by atoms with Gasteiger partial charge in [-0.25, -0.2) is 0 Å². The second-order valence-corrected chi connectivity index (χ2v) is 6.66. The number of nitrogens with zero attached hydrogens (tertiary/aromatic N) is 2. The van der Waals surface area contributed by atoms with Gasteiger partial charge in [-0.15, -0.1) is 0 Å². The van der Waals surface area contributed by atoms with E-state index in [0.717, 1.165) is 47.3 Å². The van der Waals surface area contributed by atoms with Crippen LogP contribution in [0.1, 0.15) is 16.7 Å². The van der Waals surface area contributed by atoms with Crippen LogP contribution >= 0.6 is 0 Å². The Bertz CT molecular complexity index is 1000. The summed E-state index contributed by atoms with van der Waals surface area (Å²) in [7, 11) is 3.31. The number of ether oxygens (including phenoxy) is 2. The molecule has 0 aliphatic carbocycles. The third-order valence-electron chi connectivity index (χ3n) is 5.06. The van der Waals surface area contributed by atoms with Crippen LogP contribution in [0.5, 0.6) is 11.5 Å². The van der Waals surface area contributed by atoms with Crippen LogP contribution in [0.15, 0.2) is 48.9 Å². The van der Waals surface area contributed by atoms with E-state index in [9.17, 15) is 0 Å². The zero-order valence-electron chi connectivity index (χ0n) is 15.6. The Morgan fingerprint density at radius 1 is 1.15 bits per heavy atom. The van der Waals surface area contributed by atoms with Gasteiger partial charge in [-0.2, -0.15) is 0 Å². The largest absolute Gasteiger partial charge is 0.493 e. The highest BCUT2D eigenvalue weighted by atomic mass is 16.5. The van der Waals surface area contributed by atoms with Crippen molar-refractivity contribution in [1.29, 1.82) is 0 Å². The summed E-state index contributed by atoms with van der Waals surface area (Å²) in [6.07, 6.45) is 8.91. The Morgan fingerprint density at radius 2 is 2.04 bits per heavy atom. The van der Waals surface area contributed by atoms with E-state index in [-0.39, 0.29) is 0 Å². The van der Waals surface area contributed by atoms with Crippen molar-refractivity contribution in [2.24, 2.45) is 0 Å². The van der Waals surface area contributed by atoms with Crippen LogP contribution in [0.2, 0.25) is 0 Å². The van der Waals surface area contributed by atoms with E-state index in [4.69, 9.17) is 15.2 Å². The highest BCUT2D eigenvalue weighted by Gasteiger charge is 2.19. The van der Waals surface area contributed by atoms with Gasteiger partial charge >= 0.3 is 0 Å². The number of anilines is 1. The van der Waals surface area contributed by atoms with E-state index in [1.165, 1.54) is 11.1 Å². The maximum atomic E-state index is 6.49. The van der Waals surface area contributed by atoms with Crippen LogP contribution in [0.3, 0.4) is 0 Å². The number of methoxy groups -OCH3 is 2. The molecule has 0 bridgehead atoms. The molecule has 1 aliphatic rings. The summed E-state index contributed by atoms with van der Waals surface area (Å²) in [5.74, 6) is 1.44. The Morgan fingerprint density at radius 3 is 2.78 bits per heavy atom. The first kappa shape index (κ1) is 17.2. The number of benzene rings is 2. The number of hydrogen-bond donors (Lipinski definition) is 1. The summed E-state index contributed by atoms with van der Waals surface area (Å²) in [6.45, 7) is 1.74. The fourth-order valence-electron chi connectivity index (χ4n) is 3.65. The van der Waals surface area contributed by atoms with E-state index in [1.54, 1.807) is 20.4 Å². The number of rotatable bonds is 5. The predicted molar refractivity (Wildman–Crippen MR) is 109 cm³/mol. The predicted octanol–water partition coefficient (Wildman–Crippen LogP) is 3.86. The molecule has 5 nitrogen and oxygen atoms in total. The molecule has 0 fully saturated rings. The molecule has 0 unspecified atom stereocenters. The molecule has 0 saturated heterocycles. The summed E-state index contributed by atoms with van der Waals surface area (Å²) in [5, 5.41) is 1.97. The highest BCUT2D eigenvalue weighted by molar-refractivity contribution is 6.02. The van der Waals surface area contributed by atoms with Gasteiger partial charge in [0.2, 0.25) is 0 Å². The van der Waals surface area contributed by atoms with Crippen molar-refractivity contribution in [2.45, 2.75) is 13.0 Å². The van der Waals surface area contributed by atoms with E-state index >= 15 is 0 Å². The molecular weight excluding hydrogens is 338 g/mol. The lowest BCUT2D eigenvalue weighted by atomic mass is 9.95. The third kappa shape index (κ3) is 3.16. The fraction of sp³-hybridized carbons (Fsp3) is 0.227. The van der Waals surface area contributed by atoms with Gasteiger partial charge in [-0.1, -0.05) is 6.07 Å². The highest BCUT2D eigenvalue weighted by Crippen LogP contribution is 2.41. The zero-order chi connectivity index (χ0) is 18.8. The van der Waals surface area contributed by atoms with Crippen LogP contribution in [-0.2, 0) is 13.0 Å². The second-order valence-electron chi connectivity index (χ2n) is 6.66. The Hall–Kier alpha value is -3.21. The average molecular weight is 361 g/mol. The topological polar surface area (TPSA) is 60.6 Å². The standard InChI is InChI=1S/C22H23N3O2/c1-26-20-6-5-18-19(22(20)27-2)12-16-14-25(11-8-17(16)21(18)23)10-7-15-4-3-9-24-13-15/h3-6,8-9,11-13H,7,10,14,23H2,1-2H3. The Balaban J connectivity index is 1.66. The normalized spacial score (nSPS) is 12.9. The molecule has 1 aliphatic heterocycles. The van der Waals surface area contributed by atoms with Crippen molar-refractivity contribution < 1.29 is 9.47 Å². The first-order chi connectivity index (χ1) is 13.2. The number of aromatic nitrogens is 1. The zero-order valence-corrected chi connectivity index (χ0v) is 15.6. The summed E-state index contributed by atoms with van der Waals surface area (Å²) >= 11 is 0. The minimum Gasteiger partial charge on any atom is -0.493 e. The van der Waals surface area contributed by atoms with Gasteiger partial charge in [0.05, 0.1) is 14.2 Å². The van der Waals surface area contributed by atoms with Gasteiger partial charge in [0.15, 0.2) is 11.5 Å². The fourth-order valence-corrected chi connectivity index (χ4v) is 3.65. The van der Waals surface area contributed by atoms with E-state index < -0.39 is 0 Å². The van der Waals surface area contributed by atoms with Gasteiger partial charge in [-0.05, 0) is 47.9 Å². The molecule has 0 atom stereocenters. The smallest absolute Gasteiger partial charge is 0.168 e. The Labute approximate surface area is 159 Å². The summed E-state index contributed by atoms with van der Waals surface area (Å²) < 4.78 is 11.0. The third-order valence-corrected chi connectivity index (χ3v) is 5.06. The molecule has 0 radical (unpaired) electrons. The summed E-state index contributed by atoms with van der Waals surface area (Å²) in [6, 6.07) is 10.1. The molecular formula is C22H23N3O2. The molecule has 4 rings (SSSR count). The van der Waals surface area contributed by atoms with Crippen molar-refractivity contribution in [3.05, 3.63) is 65.6 Å². The quantitative estimate of drug-likeness (QED) is 0.699. The van der Waals surface area contributed by atoms with E-state index in [2.05, 4.69) is 34.3 Å². The van der Waals surface area contributed by atoms with Gasteiger partial charge in [-0.3, -0.25) is 4.98 Å². The average Bonchev–Trinajstić information content (AvgIpc) is 2.72. The van der Waals surface area contributed by atoms with Crippen LogP contribution in [-0.4, -0.2) is 30.6 Å². The van der Waals surface area contributed by atoms with Gasteiger partial charge < -0.3 is 20.1 Å². The van der Waals surface area contributed by atoms with Gasteiger partial charge in [0, 0.05) is 53.7 Å². The van der Waals surface area contributed by atoms with Crippen molar-refractivity contribution in [3.8, 4) is 11.5 Å². The molecule has 5 heteroatoms. The molecule has 0 amide bonds. The Kier molecular flexibility index (Phi) is 4.59. The number of pyridine rings is 1. The van der Waals surface area contributed by atoms with E-state index in [0.29, 0.717) is 5.75 Å². The van der Waals surface area contributed by atoms with Crippen LogP contribution < -0.4 is 15.2 Å². The molecule has 3 aromatic rings. The first-order valence-corrected chi connectivity index (χ1v) is 8.98. The van der Waals surface area contributed by atoms with Crippen molar-refractivity contribution in [1.82, 2.24) is 9.88 Å². The molecule has 0 saturated carbocycles. The summed E-state index contributed by atoms with van der Waals surface area (Å²) in [5.41, 5.74) is 10.8. The SMILES string of the molecule is COc1ccc2c(N)c3c(cc2c1OC)CN(CCc1cccnc1)C=C3. The van der Waals surface area contributed by atoms with Crippen LogP contribution in [0, 0.1) is 0 Å². The van der Waals surface area contributed by atoms with Crippen molar-refractivity contribution in [2.75, 3.05) is 26.5 Å². The van der Waals surface area contributed by atoms with Crippen LogP contribution in [0.25, 0.3) is 16.8 Å². The van der Waals surface area contributed by atoms with E-state index in [1.807, 2.05) is 24.4 Å². The van der Waals surface area contributed by atoms with Crippen molar-refractivity contribution in [3.63, 3.8) is 0 Å². The van der Waals surface area contributed by atoms with Crippen LogP contribution in [0.4, 0.5) is 5.69 Å². The van der Waals surface area contributed by atoms with Gasteiger partial charge in [0.25, 0.3) is 0 Å². The molecule has 1 aromatic heterocycles. The number of nitrogen functional groups attached to an aromatic ring is 1. The molecule has 2 N–H and O–H groups in total. The first-order valence-electron chi connectivity index (χ1n) is 8.98. The minimum atomic E-state index is 0.712. The minimum absolute atomic E-state index is 0.712. The lowest BCUT2D eigenvalue weighted by Gasteiger charge is -2.27. The molecule has 138 valence electrons. The van der Waals surface area contributed by atoms with Gasteiger partial charge in [0.1, 0.15) is 0 Å². The monoisotopic (exact) mass is 361 g/mol. The summed E-state index contributed by atoms with van der Waals surface area (Å²) in [4.78, 5) is 6.49. The number of fused-ring (bicyclic) bond motifs is 2. The molecule has 2 aromatic carbocycles. The maximum absolute atomic E-state index is 6.49. The molecule has 0 spiro atoms. The molecule has 27 heavy (non-hydrogen) atoms. The second kappa shape index (κ2) is 7.19.